The topological polar surface area (TPSA) is 46.1 Å². The Morgan fingerprint density at radius 2 is 1.87 bits per heavy atom. The maximum absolute atomic E-state index is 13.8. The lowest BCUT2D eigenvalue weighted by atomic mass is 10.0. The molecule has 30 heavy (non-hydrogen) atoms. The highest BCUT2D eigenvalue weighted by atomic mass is 32.1. The number of carbonyl (C=O) groups excluding carboxylic acids is 1. The predicted molar refractivity (Wildman–Crippen MR) is 123 cm³/mol. The van der Waals surface area contributed by atoms with Gasteiger partial charge in [-0.15, -0.1) is 0 Å². The van der Waals surface area contributed by atoms with Crippen LogP contribution in [-0.4, -0.2) is 15.9 Å². The summed E-state index contributed by atoms with van der Waals surface area (Å²) in [6, 6.07) is 23.8. The van der Waals surface area contributed by atoms with E-state index in [0.717, 1.165) is 26.6 Å². The molecule has 0 unspecified atom stereocenters. The lowest BCUT2D eigenvalue weighted by molar-refractivity contribution is 0.0986. The van der Waals surface area contributed by atoms with Crippen molar-refractivity contribution in [2.24, 2.45) is 0 Å². The Balaban J connectivity index is 1.63. The number of thiazole rings is 1. The predicted octanol–water partition coefficient (Wildman–Crippen LogP) is 6.00. The van der Waals surface area contributed by atoms with Gasteiger partial charge in [0.25, 0.3) is 5.91 Å². The number of amides is 1. The van der Waals surface area contributed by atoms with Crippen LogP contribution in [0.1, 0.15) is 21.5 Å². The van der Waals surface area contributed by atoms with Crippen molar-refractivity contribution >= 4 is 43.4 Å². The summed E-state index contributed by atoms with van der Waals surface area (Å²) in [4.78, 5) is 24.5. The van der Waals surface area contributed by atoms with Crippen LogP contribution in [0.5, 0.6) is 0 Å². The maximum atomic E-state index is 13.8. The lowest BCUT2D eigenvalue weighted by Gasteiger charge is -2.21. The second kappa shape index (κ2) is 7.69. The number of carbonyl (C=O) groups is 1. The Kier molecular flexibility index (Phi) is 4.73. The van der Waals surface area contributed by atoms with Crippen molar-refractivity contribution in [3.8, 4) is 0 Å². The van der Waals surface area contributed by atoms with Gasteiger partial charge in [-0.1, -0.05) is 59.9 Å². The van der Waals surface area contributed by atoms with E-state index in [9.17, 15) is 4.79 Å². The number of aromatic nitrogens is 2. The minimum Gasteiger partial charge on any atom is -0.279 e. The van der Waals surface area contributed by atoms with Gasteiger partial charge in [0.2, 0.25) is 0 Å². The van der Waals surface area contributed by atoms with Crippen molar-refractivity contribution in [1.29, 1.82) is 0 Å². The second-order valence-corrected chi connectivity index (χ2v) is 8.26. The van der Waals surface area contributed by atoms with E-state index in [2.05, 4.69) is 18.0 Å². The summed E-state index contributed by atoms with van der Waals surface area (Å²) >= 11 is 1.54. The van der Waals surface area contributed by atoms with Gasteiger partial charge >= 0.3 is 0 Å². The van der Waals surface area contributed by atoms with Gasteiger partial charge in [-0.05, 0) is 53.1 Å². The largest absolute Gasteiger partial charge is 0.279 e. The first-order valence-corrected chi connectivity index (χ1v) is 10.6. The van der Waals surface area contributed by atoms with Crippen LogP contribution < -0.4 is 4.90 Å². The molecule has 0 saturated carbocycles. The van der Waals surface area contributed by atoms with Crippen molar-refractivity contribution < 1.29 is 4.79 Å². The van der Waals surface area contributed by atoms with Gasteiger partial charge in [0.05, 0.1) is 16.8 Å². The zero-order valence-electron chi connectivity index (χ0n) is 16.4. The van der Waals surface area contributed by atoms with E-state index < -0.39 is 0 Å². The first-order valence-electron chi connectivity index (χ1n) is 9.75. The fraction of sp³-hybridized carbons (Fsp3) is 0.0800. The van der Waals surface area contributed by atoms with Crippen LogP contribution in [0, 0.1) is 6.92 Å². The molecule has 4 nitrogen and oxygen atoms in total. The standard InChI is InChI=1S/C25H19N3OS/c1-17-11-12-22-23(14-17)30-25(27-22)28(16-18-6-5-13-26-15-18)24(29)21-10-4-8-19-7-2-3-9-20(19)21/h2-15H,16H2,1H3. The molecule has 0 aliphatic rings. The molecule has 146 valence electrons. The minimum absolute atomic E-state index is 0.0635. The molecule has 5 rings (SSSR count). The molecule has 0 aliphatic carbocycles. The van der Waals surface area contributed by atoms with Crippen molar-refractivity contribution in [3.05, 3.63) is 102 Å². The summed E-state index contributed by atoms with van der Waals surface area (Å²) in [6.45, 7) is 2.47. The summed E-state index contributed by atoms with van der Waals surface area (Å²) in [5, 5.41) is 2.68. The van der Waals surface area contributed by atoms with Crippen molar-refractivity contribution in [2.75, 3.05) is 4.90 Å². The lowest BCUT2D eigenvalue weighted by Crippen LogP contribution is -2.30. The summed E-state index contributed by atoms with van der Waals surface area (Å²) in [5.74, 6) is -0.0635. The highest BCUT2D eigenvalue weighted by Crippen LogP contribution is 2.32. The molecule has 0 N–H and O–H groups in total. The number of aryl methyl sites for hydroxylation is 1. The molecule has 2 aromatic heterocycles. The highest BCUT2D eigenvalue weighted by Gasteiger charge is 2.23. The molecular weight excluding hydrogens is 390 g/mol. The SMILES string of the molecule is Cc1ccc2nc(N(Cc3cccnc3)C(=O)c3cccc4ccccc34)sc2c1. The number of fused-ring (bicyclic) bond motifs is 2. The highest BCUT2D eigenvalue weighted by molar-refractivity contribution is 7.22. The van der Waals surface area contributed by atoms with Crippen molar-refractivity contribution in [1.82, 2.24) is 9.97 Å². The molecule has 0 fully saturated rings. The van der Waals surface area contributed by atoms with Gasteiger partial charge in [0.15, 0.2) is 5.13 Å². The van der Waals surface area contributed by atoms with Crippen LogP contribution in [0.15, 0.2) is 85.2 Å². The van der Waals surface area contributed by atoms with Gasteiger partial charge in [0, 0.05) is 18.0 Å². The van der Waals surface area contributed by atoms with E-state index in [1.165, 1.54) is 5.56 Å². The zero-order valence-corrected chi connectivity index (χ0v) is 17.3. The van der Waals surface area contributed by atoms with E-state index in [1.54, 1.807) is 28.6 Å². The van der Waals surface area contributed by atoms with E-state index in [1.807, 2.05) is 66.7 Å². The van der Waals surface area contributed by atoms with E-state index in [-0.39, 0.29) is 5.91 Å². The van der Waals surface area contributed by atoms with Crippen LogP contribution in [0.2, 0.25) is 0 Å². The Labute approximate surface area is 178 Å². The Morgan fingerprint density at radius 1 is 1.00 bits per heavy atom. The first kappa shape index (κ1) is 18.5. The molecule has 5 aromatic rings. The van der Waals surface area contributed by atoms with Crippen LogP contribution >= 0.6 is 11.3 Å². The third kappa shape index (κ3) is 3.44. The third-order valence-electron chi connectivity index (χ3n) is 5.09. The number of pyridine rings is 1. The number of rotatable bonds is 4. The third-order valence-corrected chi connectivity index (χ3v) is 6.13. The quantitative estimate of drug-likeness (QED) is 0.366. The Bertz CT molecular complexity index is 1360. The van der Waals surface area contributed by atoms with Crippen LogP contribution in [0.25, 0.3) is 21.0 Å². The molecule has 0 atom stereocenters. The number of benzene rings is 3. The smallest absolute Gasteiger partial charge is 0.261 e. The van der Waals surface area contributed by atoms with Crippen molar-refractivity contribution in [2.45, 2.75) is 13.5 Å². The molecule has 2 heterocycles. The van der Waals surface area contributed by atoms with E-state index in [0.29, 0.717) is 17.2 Å². The zero-order chi connectivity index (χ0) is 20.5. The Hall–Kier alpha value is -3.57. The van der Waals surface area contributed by atoms with Gasteiger partial charge in [-0.2, -0.15) is 0 Å². The molecular formula is C25H19N3OS. The fourth-order valence-corrected chi connectivity index (χ4v) is 4.65. The van der Waals surface area contributed by atoms with Crippen LogP contribution in [0.3, 0.4) is 0 Å². The summed E-state index contributed by atoms with van der Waals surface area (Å²) in [7, 11) is 0. The minimum atomic E-state index is -0.0635. The molecule has 0 aliphatic heterocycles. The number of hydrogen-bond donors (Lipinski definition) is 0. The molecule has 0 radical (unpaired) electrons. The second-order valence-electron chi connectivity index (χ2n) is 7.25. The normalized spacial score (nSPS) is 11.1. The van der Waals surface area contributed by atoms with Crippen LogP contribution in [0.4, 0.5) is 5.13 Å². The van der Waals surface area contributed by atoms with Gasteiger partial charge in [0.1, 0.15) is 0 Å². The maximum Gasteiger partial charge on any atom is 0.261 e. The number of nitrogens with zero attached hydrogens (tertiary/aromatic N) is 3. The average molecular weight is 410 g/mol. The molecule has 5 heteroatoms. The number of anilines is 1. The first-order chi connectivity index (χ1) is 14.7. The molecule has 0 bridgehead atoms. The van der Waals surface area contributed by atoms with Crippen molar-refractivity contribution in [3.63, 3.8) is 0 Å². The van der Waals surface area contributed by atoms with Gasteiger partial charge in [-0.3, -0.25) is 14.7 Å². The number of hydrogen-bond acceptors (Lipinski definition) is 4. The van der Waals surface area contributed by atoms with Gasteiger partial charge < -0.3 is 0 Å². The summed E-state index contributed by atoms with van der Waals surface area (Å²) < 4.78 is 1.08. The molecule has 0 saturated heterocycles. The van der Waals surface area contributed by atoms with Gasteiger partial charge in [-0.25, -0.2) is 4.98 Å². The Morgan fingerprint density at radius 3 is 2.73 bits per heavy atom. The van der Waals surface area contributed by atoms with E-state index >= 15 is 0 Å². The fourth-order valence-electron chi connectivity index (χ4n) is 3.59. The molecule has 0 spiro atoms. The monoisotopic (exact) mass is 409 g/mol. The average Bonchev–Trinajstić information content (AvgIpc) is 3.20. The molecule has 3 aromatic carbocycles. The summed E-state index contributed by atoms with van der Waals surface area (Å²) in [5.41, 5.74) is 3.72. The summed E-state index contributed by atoms with van der Waals surface area (Å²) in [6.07, 6.45) is 3.53. The molecule has 1 amide bonds. The van der Waals surface area contributed by atoms with Crippen LogP contribution in [-0.2, 0) is 6.54 Å². The van der Waals surface area contributed by atoms with E-state index in [4.69, 9.17) is 4.98 Å².